The third-order valence-corrected chi connectivity index (χ3v) is 4.77. The Balaban J connectivity index is 1.84. The van der Waals surface area contributed by atoms with Crippen LogP contribution in [0.3, 0.4) is 0 Å². The normalized spacial score (nSPS) is 16.1. The second-order valence-corrected chi connectivity index (χ2v) is 6.46. The Bertz CT molecular complexity index is 836. The maximum absolute atomic E-state index is 13.7. The number of nitrogens with zero attached hydrogens (tertiary/aromatic N) is 2. The molecule has 1 amide bonds. The molecule has 4 nitrogen and oxygen atoms in total. The minimum Gasteiger partial charge on any atom is -0.344 e. The van der Waals surface area contributed by atoms with Gasteiger partial charge in [-0.1, -0.05) is 43.2 Å². The molecule has 1 saturated carbocycles. The molecule has 0 aliphatic heterocycles. The summed E-state index contributed by atoms with van der Waals surface area (Å²) in [6, 6.07) is 14.6. The van der Waals surface area contributed by atoms with Crippen molar-refractivity contribution in [3.05, 3.63) is 71.3 Å². The summed E-state index contributed by atoms with van der Waals surface area (Å²) in [5.74, 6) is -0.851. The van der Waals surface area contributed by atoms with E-state index in [1.807, 2.05) is 36.4 Å². The molecule has 132 valence electrons. The number of hydrogen-bond donors (Lipinski definition) is 1. The SMILES string of the molecule is N#C/C(=C\c1cccnc1F)C(=O)N[C@H](c1ccccc1)C1CCCC1. The maximum atomic E-state index is 13.7. The molecular formula is C21H20FN3O. The third-order valence-electron chi connectivity index (χ3n) is 4.77. The molecule has 1 heterocycles. The largest absolute Gasteiger partial charge is 0.344 e. The first-order valence-electron chi connectivity index (χ1n) is 8.77. The minimum absolute atomic E-state index is 0.122. The van der Waals surface area contributed by atoms with Crippen molar-refractivity contribution in [2.24, 2.45) is 5.92 Å². The van der Waals surface area contributed by atoms with Gasteiger partial charge in [0.05, 0.1) is 6.04 Å². The van der Waals surface area contributed by atoms with Crippen LogP contribution in [0.25, 0.3) is 6.08 Å². The highest BCUT2D eigenvalue weighted by Crippen LogP contribution is 2.35. The van der Waals surface area contributed by atoms with Crippen LogP contribution in [0.1, 0.15) is 42.9 Å². The van der Waals surface area contributed by atoms with Gasteiger partial charge in [-0.25, -0.2) is 4.98 Å². The van der Waals surface area contributed by atoms with Crippen molar-refractivity contribution in [1.29, 1.82) is 5.26 Å². The van der Waals surface area contributed by atoms with E-state index in [9.17, 15) is 14.4 Å². The van der Waals surface area contributed by atoms with Crippen molar-refractivity contribution in [2.75, 3.05) is 0 Å². The second-order valence-electron chi connectivity index (χ2n) is 6.46. The fraction of sp³-hybridized carbons (Fsp3) is 0.286. The standard InChI is InChI=1S/C21H20FN3O/c22-20-17(11-6-12-24-20)13-18(14-23)21(26)25-19(16-9-4-5-10-16)15-7-2-1-3-8-15/h1-3,6-8,11-13,16,19H,4-5,9-10H2,(H,25,26)/b18-13+/t19-/m1/s1. The average Bonchev–Trinajstić information content (AvgIpc) is 3.20. The molecule has 3 rings (SSSR count). The first kappa shape index (κ1) is 17.8. The van der Waals surface area contributed by atoms with E-state index >= 15 is 0 Å². The van der Waals surface area contributed by atoms with Crippen molar-refractivity contribution in [2.45, 2.75) is 31.7 Å². The number of amides is 1. The number of hydrogen-bond acceptors (Lipinski definition) is 3. The Morgan fingerprint density at radius 3 is 2.62 bits per heavy atom. The molecule has 1 atom stereocenters. The Morgan fingerprint density at radius 1 is 1.23 bits per heavy atom. The molecule has 1 aromatic heterocycles. The topological polar surface area (TPSA) is 65.8 Å². The predicted octanol–water partition coefficient (Wildman–Crippen LogP) is 4.18. The number of rotatable bonds is 5. The minimum atomic E-state index is -0.705. The van der Waals surface area contributed by atoms with Crippen LogP contribution in [-0.2, 0) is 4.79 Å². The van der Waals surface area contributed by atoms with Crippen LogP contribution in [-0.4, -0.2) is 10.9 Å². The van der Waals surface area contributed by atoms with Gasteiger partial charge in [0.25, 0.3) is 5.91 Å². The summed E-state index contributed by atoms with van der Waals surface area (Å²) in [7, 11) is 0. The van der Waals surface area contributed by atoms with E-state index < -0.39 is 11.9 Å². The highest BCUT2D eigenvalue weighted by Gasteiger charge is 2.28. The van der Waals surface area contributed by atoms with Crippen LogP contribution in [0.15, 0.2) is 54.2 Å². The molecule has 1 aromatic carbocycles. The Hall–Kier alpha value is -3.00. The number of halogens is 1. The van der Waals surface area contributed by atoms with Crippen molar-refractivity contribution in [3.63, 3.8) is 0 Å². The Labute approximate surface area is 152 Å². The zero-order chi connectivity index (χ0) is 18.4. The number of aromatic nitrogens is 1. The monoisotopic (exact) mass is 349 g/mol. The number of pyridine rings is 1. The van der Waals surface area contributed by atoms with Gasteiger partial charge in [0.2, 0.25) is 5.95 Å². The number of benzene rings is 1. The van der Waals surface area contributed by atoms with Crippen LogP contribution in [0.4, 0.5) is 4.39 Å². The molecule has 1 fully saturated rings. The zero-order valence-corrected chi connectivity index (χ0v) is 14.4. The van der Waals surface area contributed by atoms with Crippen molar-refractivity contribution >= 4 is 12.0 Å². The lowest BCUT2D eigenvalue weighted by molar-refractivity contribution is -0.118. The highest BCUT2D eigenvalue weighted by molar-refractivity contribution is 6.01. The number of carbonyl (C=O) groups excluding carboxylic acids is 1. The summed E-state index contributed by atoms with van der Waals surface area (Å²) < 4.78 is 13.7. The molecular weight excluding hydrogens is 329 g/mol. The molecule has 5 heteroatoms. The Kier molecular flexibility index (Phi) is 5.75. The first-order chi connectivity index (χ1) is 12.7. The van der Waals surface area contributed by atoms with Gasteiger partial charge in [0, 0.05) is 11.8 Å². The predicted molar refractivity (Wildman–Crippen MR) is 97.1 cm³/mol. The molecule has 2 aromatic rings. The molecule has 1 aliphatic rings. The molecule has 1 N–H and O–H groups in total. The molecule has 0 unspecified atom stereocenters. The van der Waals surface area contributed by atoms with Gasteiger partial charge < -0.3 is 5.32 Å². The smallest absolute Gasteiger partial charge is 0.262 e. The van der Waals surface area contributed by atoms with Crippen LogP contribution in [0.5, 0.6) is 0 Å². The van der Waals surface area contributed by atoms with E-state index in [-0.39, 0.29) is 17.2 Å². The van der Waals surface area contributed by atoms with E-state index in [0.29, 0.717) is 5.92 Å². The molecule has 26 heavy (non-hydrogen) atoms. The molecule has 0 radical (unpaired) electrons. The number of nitriles is 1. The summed E-state index contributed by atoms with van der Waals surface area (Å²) in [5.41, 5.74) is 1.02. The lowest BCUT2D eigenvalue weighted by Gasteiger charge is -2.25. The molecule has 0 spiro atoms. The van der Waals surface area contributed by atoms with Gasteiger partial charge in [-0.2, -0.15) is 9.65 Å². The van der Waals surface area contributed by atoms with Crippen molar-refractivity contribution in [1.82, 2.24) is 10.3 Å². The lowest BCUT2D eigenvalue weighted by Crippen LogP contribution is -2.33. The quantitative estimate of drug-likeness (QED) is 0.500. The van der Waals surface area contributed by atoms with E-state index in [2.05, 4.69) is 10.3 Å². The van der Waals surface area contributed by atoms with Gasteiger partial charge in [0.15, 0.2) is 0 Å². The van der Waals surface area contributed by atoms with E-state index in [0.717, 1.165) is 31.2 Å². The van der Waals surface area contributed by atoms with Crippen LogP contribution in [0, 0.1) is 23.2 Å². The fourth-order valence-electron chi connectivity index (χ4n) is 3.45. The molecule has 0 bridgehead atoms. The second kappa shape index (κ2) is 8.39. The fourth-order valence-corrected chi connectivity index (χ4v) is 3.45. The van der Waals surface area contributed by atoms with E-state index in [1.54, 1.807) is 6.07 Å². The molecule has 0 saturated heterocycles. The van der Waals surface area contributed by atoms with Gasteiger partial charge in [-0.3, -0.25) is 4.79 Å². The summed E-state index contributed by atoms with van der Waals surface area (Å²) in [5, 5.41) is 12.4. The van der Waals surface area contributed by atoms with E-state index in [1.165, 1.54) is 18.3 Å². The summed E-state index contributed by atoms with van der Waals surface area (Å²) >= 11 is 0. The van der Waals surface area contributed by atoms with E-state index in [4.69, 9.17) is 0 Å². The lowest BCUT2D eigenvalue weighted by atomic mass is 9.91. The Morgan fingerprint density at radius 2 is 1.96 bits per heavy atom. The summed E-state index contributed by atoms with van der Waals surface area (Å²) in [6.45, 7) is 0. The zero-order valence-electron chi connectivity index (χ0n) is 14.4. The highest BCUT2D eigenvalue weighted by atomic mass is 19.1. The van der Waals surface area contributed by atoms with Crippen LogP contribution in [0.2, 0.25) is 0 Å². The summed E-state index contributed by atoms with van der Waals surface area (Å²) in [4.78, 5) is 16.2. The average molecular weight is 349 g/mol. The maximum Gasteiger partial charge on any atom is 0.262 e. The molecule has 1 aliphatic carbocycles. The van der Waals surface area contributed by atoms with Gasteiger partial charge >= 0.3 is 0 Å². The van der Waals surface area contributed by atoms with Gasteiger partial charge in [-0.15, -0.1) is 0 Å². The van der Waals surface area contributed by atoms with Gasteiger partial charge in [-0.05, 0) is 42.5 Å². The van der Waals surface area contributed by atoms with Gasteiger partial charge in [0.1, 0.15) is 11.6 Å². The van der Waals surface area contributed by atoms with Crippen molar-refractivity contribution in [3.8, 4) is 6.07 Å². The number of nitrogens with one attached hydrogen (secondary N) is 1. The first-order valence-corrected chi connectivity index (χ1v) is 8.77. The van der Waals surface area contributed by atoms with Crippen LogP contribution >= 0.6 is 0 Å². The third kappa shape index (κ3) is 4.15. The summed E-state index contributed by atoms with van der Waals surface area (Å²) in [6.07, 6.45) is 6.95. The number of carbonyl (C=O) groups is 1. The van der Waals surface area contributed by atoms with Crippen LogP contribution < -0.4 is 5.32 Å². The van der Waals surface area contributed by atoms with Crippen molar-refractivity contribution < 1.29 is 9.18 Å².